The largest absolute Gasteiger partial charge is 0.359 e. The number of hydrogen-bond acceptors (Lipinski definition) is 1. The van der Waals surface area contributed by atoms with Crippen LogP contribution in [-0.2, 0) is 16.2 Å². The fourth-order valence-corrected chi connectivity index (χ4v) is 6.24. The van der Waals surface area contributed by atoms with E-state index in [1.807, 2.05) is 0 Å². The van der Waals surface area contributed by atoms with Gasteiger partial charge in [-0.2, -0.15) is 0 Å². The molecule has 0 bridgehead atoms. The molecule has 0 spiro atoms. The summed E-state index contributed by atoms with van der Waals surface area (Å²) in [6.45, 7) is 33.0. The molecule has 1 heteroatoms. The Morgan fingerprint density at radius 2 is 1.39 bits per heavy atom. The van der Waals surface area contributed by atoms with Gasteiger partial charge in [0, 0.05) is 11.4 Å². The average molecular weight is 516 g/mol. The highest BCUT2D eigenvalue weighted by molar-refractivity contribution is 5.56. The van der Waals surface area contributed by atoms with Gasteiger partial charge in [-0.3, -0.25) is 0 Å². The Balaban J connectivity index is 1.64. The molecule has 1 aliphatic carbocycles. The third-order valence-corrected chi connectivity index (χ3v) is 10.3. The zero-order valence-electron chi connectivity index (χ0n) is 26.8. The van der Waals surface area contributed by atoms with E-state index in [4.69, 9.17) is 0 Å². The number of allylic oxidation sites excluding steroid dienone is 1. The van der Waals surface area contributed by atoms with Crippen LogP contribution < -0.4 is 5.32 Å². The highest BCUT2D eigenvalue weighted by Gasteiger charge is 2.37. The predicted octanol–water partition coefficient (Wildman–Crippen LogP) is 11.1. The van der Waals surface area contributed by atoms with Crippen molar-refractivity contribution in [3.63, 3.8) is 0 Å². The Labute approximate surface area is 235 Å². The number of benzene rings is 2. The molecule has 0 fully saturated rings. The molecule has 3 rings (SSSR count). The zero-order valence-corrected chi connectivity index (χ0v) is 26.8. The van der Waals surface area contributed by atoms with Crippen LogP contribution in [0.4, 0.5) is 5.69 Å². The molecule has 1 aliphatic rings. The topological polar surface area (TPSA) is 12.0 Å². The monoisotopic (exact) mass is 515 g/mol. The molecule has 0 aliphatic heterocycles. The molecule has 210 valence electrons. The van der Waals surface area contributed by atoms with Gasteiger partial charge in [-0.05, 0) is 99.5 Å². The van der Waals surface area contributed by atoms with E-state index in [1.165, 1.54) is 53.6 Å². The van der Waals surface area contributed by atoms with Crippen molar-refractivity contribution in [1.82, 2.24) is 0 Å². The van der Waals surface area contributed by atoms with Gasteiger partial charge in [0.25, 0.3) is 0 Å². The molecular formula is C37H57N. The molecule has 3 unspecified atom stereocenters. The summed E-state index contributed by atoms with van der Waals surface area (Å²) < 4.78 is 0. The number of nitrogens with one attached hydrogen (secondary N) is 1. The maximum Gasteiger partial charge on any atom is 0.0384 e. The van der Waals surface area contributed by atoms with Gasteiger partial charge in [0.1, 0.15) is 0 Å². The minimum Gasteiger partial charge on any atom is -0.359 e. The summed E-state index contributed by atoms with van der Waals surface area (Å²) in [5, 5.41) is 3.72. The molecule has 0 radical (unpaired) electrons. The van der Waals surface area contributed by atoms with Gasteiger partial charge >= 0.3 is 0 Å². The van der Waals surface area contributed by atoms with E-state index in [1.54, 1.807) is 0 Å². The van der Waals surface area contributed by atoms with Crippen molar-refractivity contribution in [3.05, 3.63) is 77.0 Å². The second-order valence-electron chi connectivity index (χ2n) is 15.6. The molecule has 0 saturated heterocycles. The summed E-state index contributed by atoms with van der Waals surface area (Å²) in [5.74, 6) is 1.47. The van der Waals surface area contributed by atoms with Crippen LogP contribution >= 0.6 is 0 Å². The molecule has 38 heavy (non-hydrogen) atoms. The van der Waals surface area contributed by atoms with Crippen LogP contribution in [0.15, 0.2) is 54.7 Å². The first-order valence-electron chi connectivity index (χ1n) is 15.1. The maximum atomic E-state index is 4.52. The van der Waals surface area contributed by atoms with Crippen LogP contribution in [0.3, 0.4) is 0 Å². The Hall–Kier alpha value is -2.02. The molecule has 0 amide bonds. The molecular weight excluding hydrogens is 458 g/mol. The molecule has 1 nitrogen and oxygen atoms in total. The molecule has 0 heterocycles. The minimum atomic E-state index is 0.206. The highest BCUT2D eigenvalue weighted by atomic mass is 14.9. The lowest BCUT2D eigenvalue weighted by molar-refractivity contribution is 0.162. The van der Waals surface area contributed by atoms with E-state index >= 15 is 0 Å². The van der Waals surface area contributed by atoms with Crippen molar-refractivity contribution in [2.24, 2.45) is 17.3 Å². The van der Waals surface area contributed by atoms with Gasteiger partial charge in [0.15, 0.2) is 0 Å². The standard InChI is InChI=1S/C37H57N/c1-25(29-14-16-30(17-15-29)34(5,6)7)20-21-35(8,9)27(3)26(2)28(4)38-31-18-19-32-33(24-31)37(12,13)23-22-36(32,10)11/h14-19,24-27,38H,4,20-23H2,1-3,5-13H3. The molecule has 2 aromatic rings. The first-order valence-corrected chi connectivity index (χ1v) is 15.1. The summed E-state index contributed by atoms with van der Waals surface area (Å²) in [5.41, 5.74) is 9.09. The average Bonchev–Trinajstić information content (AvgIpc) is 2.84. The number of anilines is 1. The molecule has 0 saturated carbocycles. The minimum absolute atomic E-state index is 0.206. The van der Waals surface area contributed by atoms with Gasteiger partial charge in [0.2, 0.25) is 0 Å². The summed E-state index contributed by atoms with van der Waals surface area (Å²) in [6, 6.07) is 16.4. The predicted molar refractivity (Wildman–Crippen MR) is 169 cm³/mol. The van der Waals surface area contributed by atoms with E-state index in [0.717, 1.165) is 5.70 Å². The Bertz CT molecular complexity index is 1110. The van der Waals surface area contributed by atoms with Crippen molar-refractivity contribution in [1.29, 1.82) is 0 Å². The number of rotatable bonds is 9. The van der Waals surface area contributed by atoms with Gasteiger partial charge in [-0.1, -0.05) is 120 Å². The summed E-state index contributed by atoms with van der Waals surface area (Å²) in [6.07, 6.45) is 4.89. The zero-order chi connectivity index (χ0) is 28.7. The van der Waals surface area contributed by atoms with Crippen molar-refractivity contribution >= 4 is 5.69 Å². The van der Waals surface area contributed by atoms with E-state index in [2.05, 4.69) is 137 Å². The van der Waals surface area contributed by atoms with Crippen molar-refractivity contribution in [2.75, 3.05) is 5.32 Å². The molecule has 1 N–H and O–H groups in total. The van der Waals surface area contributed by atoms with Crippen molar-refractivity contribution in [3.8, 4) is 0 Å². The quantitative estimate of drug-likeness (QED) is 0.350. The Morgan fingerprint density at radius 1 is 0.842 bits per heavy atom. The fraction of sp³-hybridized carbons (Fsp3) is 0.622. The van der Waals surface area contributed by atoms with E-state index in [9.17, 15) is 0 Å². The second-order valence-corrected chi connectivity index (χ2v) is 15.6. The van der Waals surface area contributed by atoms with Crippen LogP contribution in [0.1, 0.15) is 137 Å². The SMILES string of the molecule is C=C(Nc1ccc2c(c1)C(C)(C)CCC2(C)C)C(C)C(C)C(C)(C)CCC(C)c1ccc(C(C)(C)C)cc1. The third-order valence-electron chi connectivity index (χ3n) is 10.3. The Morgan fingerprint density at radius 3 is 1.95 bits per heavy atom. The van der Waals surface area contributed by atoms with Crippen LogP contribution in [0.2, 0.25) is 0 Å². The second kappa shape index (κ2) is 10.9. The van der Waals surface area contributed by atoms with Crippen LogP contribution in [0, 0.1) is 17.3 Å². The van der Waals surface area contributed by atoms with Crippen LogP contribution in [-0.4, -0.2) is 0 Å². The van der Waals surface area contributed by atoms with E-state index in [0.29, 0.717) is 17.8 Å². The molecule has 3 atom stereocenters. The van der Waals surface area contributed by atoms with Crippen molar-refractivity contribution in [2.45, 2.75) is 131 Å². The van der Waals surface area contributed by atoms with E-state index < -0.39 is 0 Å². The summed E-state index contributed by atoms with van der Waals surface area (Å²) >= 11 is 0. The first kappa shape index (κ1) is 30.5. The lowest BCUT2D eigenvalue weighted by Crippen LogP contribution is -2.34. The maximum absolute atomic E-state index is 4.52. The molecule has 2 aromatic carbocycles. The number of hydrogen-bond donors (Lipinski definition) is 1. The lowest BCUT2D eigenvalue weighted by Gasteiger charge is -2.42. The van der Waals surface area contributed by atoms with Crippen molar-refractivity contribution < 1.29 is 0 Å². The lowest BCUT2D eigenvalue weighted by atomic mass is 9.63. The molecule has 0 aromatic heterocycles. The van der Waals surface area contributed by atoms with Gasteiger partial charge < -0.3 is 5.32 Å². The summed E-state index contributed by atoms with van der Waals surface area (Å²) in [7, 11) is 0. The van der Waals surface area contributed by atoms with Gasteiger partial charge in [0.05, 0.1) is 0 Å². The van der Waals surface area contributed by atoms with Gasteiger partial charge in [-0.15, -0.1) is 0 Å². The third kappa shape index (κ3) is 6.75. The fourth-order valence-electron chi connectivity index (χ4n) is 6.24. The first-order chi connectivity index (χ1) is 17.3. The summed E-state index contributed by atoms with van der Waals surface area (Å²) in [4.78, 5) is 0. The normalized spacial score (nSPS) is 19.3. The van der Waals surface area contributed by atoms with Gasteiger partial charge in [-0.25, -0.2) is 0 Å². The van der Waals surface area contributed by atoms with E-state index in [-0.39, 0.29) is 21.7 Å². The number of fused-ring (bicyclic) bond motifs is 1. The smallest absolute Gasteiger partial charge is 0.0384 e. The highest BCUT2D eigenvalue weighted by Crippen LogP contribution is 2.47. The van der Waals surface area contributed by atoms with Crippen LogP contribution in [0.5, 0.6) is 0 Å². The Kier molecular flexibility index (Phi) is 8.72. The van der Waals surface area contributed by atoms with Crippen LogP contribution in [0.25, 0.3) is 0 Å².